The highest BCUT2D eigenvalue weighted by atomic mass is 15.2. The average Bonchev–Trinajstić information content (AvgIpc) is 2.71. The Balaban J connectivity index is 1.73. The van der Waals surface area contributed by atoms with Crippen LogP contribution in [0, 0.1) is 0 Å². The summed E-state index contributed by atoms with van der Waals surface area (Å²) < 4.78 is 0. The van der Waals surface area contributed by atoms with Crippen molar-refractivity contribution in [2.75, 3.05) is 37.2 Å². The predicted molar refractivity (Wildman–Crippen MR) is 60.6 cm³/mol. The Morgan fingerprint density at radius 2 is 2.13 bits per heavy atom. The Labute approximate surface area is 89.7 Å². The van der Waals surface area contributed by atoms with Crippen molar-refractivity contribution in [1.29, 1.82) is 0 Å². The summed E-state index contributed by atoms with van der Waals surface area (Å²) in [5.41, 5.74) is 5.55. The van der Waals surface area contributed by atoms with Crippen molar-refractivity contribution < 1.29 is 0 Å². The van der Waals surface area contributed by atoms with Crippen molar-refractivity contribution in [3.63, 3.8) is 0 Å². The first-order chi connectivity index (χ1) is 7.34. The van der Waals surface area contributed by atoms with Gasteiger partial charge < -0.3 is 16.0 Å². The molecule has 5 nitrogen and oxygen atoms in total. The van der Waals surface area contributed by atoms with E-state index in [1.807, 2.05) is 0 Å². The number of rotatable bonds is 4. The largest absolute Gasteiger partial charge is 0.384 e. The summed E-state index contributed by atoms with van der Waals surface area (Å²) in [5.74, 6) is 1.32. The molecule has 2 rings (SSSR count). The standard InChI is InChI=1S/C10H17N5/c11-9-7-10(14-8-13-9)12-3-6-15-4-1-2-5-15/h7-8H,1-6H2,(H3,11,12,13,14). The van der Waals surface area contributed by atoms with Crippen LogP contribution in [0.5, 0.6) is 0 Å². The third kappa shape index (κ3) is 3.06. The molecule has 0 amide bonds. The molecule has 1 aromatic rings. The molecule has 1 saturated heterocycles. The monoisotopic (exact) mass is 207 g/mol. The Hall–Kier alpha value is -1.36. The highest BCUT2D eigenvalue weighted by molar-refractivity contribution is 5.43. The maximum atomic E-state index is 5.55. The molecule has 0 bridgehead atoms. The minimum atomic E-state index is 0.508. The Morgan fingerprint density at radius 1 is 1.33 bits per heavy atom. The van der Waals surface area contributed by atoms with Gasteiger partial charge in [-0.1, -0.05) is 0 Å². The number of likely N-dealkylation sites (tertiary alicyclic amines) is 1. The van der Waals surface area contributed by atoms with E-state index in [9.17, 15) is 0 Å². The predicted octanol–water partition coefficient (Wildman–Crippen LogP) is 0.566. The Kier molecular flexibility index (Phi) is 3.34. The lowest BCUT2D eigenvalue weighted by Crippen LogP contribution is -2.26. The van der Waals surface area contributed by atoms with E-state index in [2.05, 4.69) is 20.2 Å². The molecule has 1 aliphatic heterocycles. The van der Waals surface area contributed by atoms with Crippen LogP contribution >= 0.6 is 0 Å². The molecule has 3 N–H and O–H groups in total. The van der Waals surface area contributed by atoms with Gasteiger partial charge in [0.1, 0.15) is 18.0 Å². The van der Waals surface area contributed by atoms with E-state index in [0.29, 0.717) is 5.82 Å². The van der Waals surface area contributed by atoms with Crippen LogP contribution in [-0.2, 0) is 0 Å². The molecular weight excluding hydrogens is 190 g/mol. The fourth-order valence-corrected chi connectivity index (χ4v) is 1.82. The molecule has 0 saturated carbocycles. The van der Waals surface area contributed by atoms with Gasteiger partial charge in [-0.15, -0.1) is 0 Å². The molecule has 5 heteroatoms. The van der Waals surface area contributed by atoms with E-state index < -0.39 is 0 Å². The zero-order valence-electron chi connectivity index (χ0n) is 8.82. The first-order valence-corrected chi connectivity index (χ1v) is 5.38. The van der Waals surface area contributed by atoms with E-state index in [4.69, 9.17) is 5.73 Å². The number of nitrogens with two attached hydrogens (primary N) is 1. The van der Waals surface area contributed by atoms with Crippen molar-refractivity contribution in [2.24, 2.45) is 0 Å². The quantitative estimate of drug-likeness (QED) is 0.755. The van der Waals surface area contributed by atoms with Gasteiger partial charge in [-0.2, -0.15) is 0 Å². The molecule has 1 aliphatic rings. The van der Waals surface area contributed by atoms with Gasteiger partial charge in [0.25, 0.3) is 0 Å². The van der Waals surface area contributed by atoms with Gasteiger partial charge in [-0.25, -0.2) is 9.97 Å². The van der Waals surface area contributed by atoms with Crippen molar-refractivity contribution in [3.05, 3.63) is 12.4 Å². The fraction of sp³-hybridized carbons (Fsp3) is 0.600. The second-order valence-electron chi connectivity index (χ2n) is 3.80. The summed E-state index contributed by atoms with van der Waals surface area (Å²) in [7, 11) is 0. The van der Waals surface area contributed by atoms with Gasteiger partial charge in [0.2, 0.25) is 0 Å². The number of nitrogens with zero attached hydrogens (tertiary/aromatic N) is 3. The summed E-state index contributed by atoms with van der Waals surface area (Å²) in [5, 5.41) is 3.24. The van der Waals surface area contributed by atoms with Crippen LogP contribution in [0.2, 0.25) is 0 Å². The molecule has 15 heavy (non-hydrogen) atoms. The topological polar surface area (TPSA) is 67.1 Å². The van der Waals surface area contributed by atoms with Crippen molar-refractivity contribution >= 4 is 11.6 Å². The molecule has 1 fully saturated rings. The van der Waals surface area contributed by atoms with Crippen LogP contribution < -0.4 is 11.1 Å². The van der Waals surface area contributed by atoms with Crippen LogP contribution in [0.3, 0.4) is 0 Å². The maximum Gasteiger partial charge on any atom is 0.131 e. The van der Waals surface area contributed by atoms with E-state index >= 15 is 0 Å². The molecule has 82 valence electrons. The molecule has 0 radical (unpaired) electrons. The summed E-state index contributed by atoms with van der Waals surface area (Å²) in [6, 6.07) is 1.75. The van der Waals surface area contributed by atoms with Crippen molar-refractivity contribution in [3.8, 4) is 0 Å². The molecule has 0 spiro atoms. The maximum absolute atomic E-state index is 5.55. The molecule has 0 unspecified atom stereocenters. The van der Waals surface area contributed by atoms with Gasteiger partial charge in [-0.05, 0) is 25.9 Å². The van der Waals surface area contributed by atoms with Gasteiger partial charge in [0, 0.05) is 19.2 Å². The zero-order valence-corrected chi connectivity index (χ0v) is 8.82. The summed E-state index contributed by atoms with van der Waals surface area (Å²) in [6.07, 6.45) is 4.15. The number of hydrogen-bond acceptors (Lipinski definition) is 5. The lowest BCUT2D eigenvalue weighted by molar-refractivity contribution is 0.352. The third-order valence-electron chi connectivity index (χ3n) is 2.62. The highest BCUT2D eigenvalue weighted by Crippen LogP contribution is 2.07. The number of anilines is 2. The first-order valence-electron chi connectivity index (χ1n) is 5.38. The lowest BCUT2D eigenvalue weighted by atomic mass is 10.4. The first kappa shape index (κ1) is 10.2. The SMILES string of the molecule is Nc1cc(NCCN2CCCC2)ncn1. The number of nitrogen functional groups attached to an aromatic ring is 1. The molecule has 0 aliphatic carbocycles. The van der Waals surface area contributed by atoms with Crippen molar-refractivity contribution in [2.45, 2.75) is 12.8 Å². The van der Waals surface area contributed by atoms with Crippen LogP contribution in [0.4, 0.5) is 11.6 Å². The number of aromatic nitrogens is 2. The molecule has 1 aromatic heterocycles. The van der Waals surface area contributed by atoms with E-state index in [0.717, 1.165) is 18.9 Å². The minimum Gasteiger partial charge on any atom is -0.384 e. The highest BCUT2D eigenvalue weighted by Gasteiger charge is 2.10. The Bertz CT molecular complexity index is 308. The number of nitrogens with one attached hydrogen (secondary N) is 1. The van der Waals surface area contributed by atoms with Gasteiger partial charge >= 0.3 is 0 Å². The third-order valence-corrected chi connectivity index (χ3v) is 2.62. The minimum absolute atomic E-state index is 0.508. The van der Waals surface area contributed by atoms with Crippen LogP contribution in [0.1, 0.15) is 12.8 Å². The van der Waals surface area contributed by atoms with E-state index in [1.54, 1.807) is 6.07 Å². The van der Waals surface area contributed by atoms with Crippen molar-refractivity contribution in [1.82, 2.24) is 14.9 Å². The fourth-order valence-electron chi connectivity index (χ4n) is 1.82. The smallest absolute Gasteiger partial charge is 0.131 e. The molecular formula is C10H17N5. The van der Waals surface area contributed by atoms with Crippen LogP contribution in [-0.4, -0.2) is 41.0 Å². The van der Waals surface area contributed by atoms with Gasteiger partial charge in [-0.3, -0.25) is 0 Å². The zero-order chi connectivity index (χ0) is 10.5. The van der Waals surface area contributed by atoms with E-state index in [1.165, 1.54) is 32.3 Å². The van der Waals surface area contributed by atoms with E-state index in [-0.39, 0.29) is 0 Å². The molecule has 2 heterocycles. The van der Waals surface area contributed by atoms with Crippen LogP contribution in [0.25, 0.3) is 0 Å². The molecule has 0 atom stereocenters. The van der Waals surface area contributed by atoms with Crippen LogP contribution in [0.15, 0.2) is 12.4 Å². The summed E-state index contributed by atoms with van der Waals surface area (Å²) in [4.78, 5) is 10.4. The summed E-state index contributed by atoms with van der Waals surface area (Å²) >= 11 is 0. The Morgan fingerprint density at radius 3 is 2.87 bits per heavy atom. The lowest BCUT2D eigenvalue weighted by Gasteiger charge is -2.14. The second kappa shape index (κ2) is 4.93. The normalized spacial score (nSPS) is 16.8. The van der Waals surface area contributed by atoms with Gasteiger partial charge in [0.05, 0.1) is 0 Å². The average molecular weight is 207 g/mol. The number of hydrogen-bond donors (Lipinski definition) is 2. The summed E-state index contributed by atoms with van der Waals surface area (Å²) in [6.45, 7) is 4.45. The van der Waals surface area contributed by atoms with Gasteiger partial charge in [0.15, 0.2) is 0 Å². The molecule has 0 aromatic carbocycles. The second-order valence-corrected chi connectivity index (χ2v) is 3.80.